The molecule has 16 heavy (non-hydrogen) atoms. The van der Waals surface area contributed by atoms with Gasteiger partial charge in [-0.15, -0.1) is 10.2 Å². The van der Waals surface area contributed by atoms with Crippen LogP contribution in [0, 0.1) is 12.8 Å². The molecule has 0 radical (unpaired) electrons. The fourth-order valence-electron chi connectivity index (χ4n) is 1.69. The molecule has 0 unspecified atom stereocenters. The Morgan fingerprint density at radius 3 is 2.88 bits per heavy atom. The largest absolute Gasteiger partial charge is 0.313 e. The van der Waals surface area contributed by atoms with Crippen LogP contribution >= 0.6 is 0 Å². The monoisotopic (exact) mass is 216 g/mol. The van der Waals surface area contributed by atoms with Crippen molar-refractivity contribution in [2.24, 2.45) is 5.92 Å². The van der Waals surface area contributed by atoms with Crippen molar-refractivity contribution >= 4 is 0 Å². The molecule has 4 nitrogen and oxygen atoms in total. The molecule has 0 bridgehead atoms. The van der Waals surface area contributed by atoms with E-state index < -0.39 is 0 Å². The Bertz CT molecular complexity index is 473. The topological polar surface area (TPSA) is 43.6 Å². The predicted octanol–water partition coefficient (Wildman–Crippen LogP) is 2.30. The second-order valence-corrected chi connectivity index (χ2v) is 4.39. The second kappa shape index (κ2) is 4.43. The molecule has 0 aliphatic heterocycles. The zero-order valence-electron chi connectivity index (χ0n) is 9.88. The number of hydrogen-bond acceptors (Lipinski definition) is 3. The van der Waals surface area contributed by atoms with Gasteiger partial charge in [0.2, 0.25) is 0 Å². The van der Waals surface area contributed by atoms with Gasteiger partial charge in [-0.25, -0.2) is 0 Å². The Morgan fingerprint density at radius 1 is 1.38 bits per heavy atom. The number of pyridine rings is 1. The van der Waals surface area contributed by atoms with Crippen LogP contribution in [0.15, 0.2) is 24.7 Å². The van der Waals surface area contributed by atoms with Crippen molar-refractivity contribution in [3.8, 4) is 11.4 Å². The molecule has 2 rings (SSSR count). The molecule has 0 saturated heterocycles. The van der Waals surface area contributed by atoms with Gasteiger partial charge in [-0.2, -0.15) is 0 Å². The molecule has 0 amide bonds. The quantitative estimate of drug-likeness (QED) is 0.790. The first-order valence-electron chi connectivity index (χ1n) is 5.47. The SMILES string of the molecule is Cc1cc(-c2nncn2CC(C)C)ccn1. The van der Waals surface area contributed by atoms with Crippen LogP contribution in [0.25, 0.3) is 11.4 Å². The first kappa shape index (κ1) is 10.8. The third-order valence-corrected chi connectivity index (χ3v) is 2.33. The number of hydrogen-bond donors (Lipinski definition) is 0. The average molecular weight is 216 g/mol. The molecule has 2 aromatic heterocycles. The van der Waals surface area contributed by atoms with Crippen LogP contribution in [0.1, 0.15) is 19.5 Å². The predicted molar refractivity (Wildman–Crippen MR) is 62.8 cm³/mol. The fourth-order valence-corrected chi connectivity index (χ4v) is 1.69. The Morgan fingerprint density at radius 2 is 2.19 bits per heavy atom. The molecule has 0 spiro atoms. The molecule has 0 aliphatic rings. The lowest BCUT2D eigenvalue weighted by atomic mass is 10.2. The Balaban J connectivity index is 2.37. The lowest BCUT2D eigenvalue weighted by Crippen LogP contribution is -2.05. The van der Waals surface area contributed by atoms with Crippen LogP contribution in [0.4, 0.5) is 0 Å². The van der Waals surface area contributed by atoms with Gasteiger partial charge in [-0.3, -0.25) is 4.98 Å². The van der Waals surface area contributed by atoms with E-state index in [-0.39, 0.29) is 0 Å². The van der Waals surface area contributed by atoms with E-state index in [0.717, 1.165) is 23.6 Å². The van der Waals surface area contributed by atoms with E-state index in [1.165, 1.54) is 0 Å². The highest BCUT2D eigenvalue weighted by molar-refractivity contribution is 5.54. The van der Waals surface area contributed by atoms with Gasteiger partial charge < -0.3 is 4.57 Å². The molecule has 0 fully saturated rings. The highest BCUT2D eigenvalue weighted by Crippen LogP contribution is 2.17. The van der Waals surface area contributed by atoms with Crippen LogP contribution < -0.4 is 0 Å². The second-order valence-electron chi connectivity index (χ2n) is 4.39. The lowest BCUT2D eigenvalue weighted by Gasteiger charge is -2.09. The maximum absolute atomic E-state index is 4.18. The van der Waals surface area contributed by atoms with Gasteiger partial charge in [-0.05, 0) is 25.0 Å². The minimum atomic E-state index is 0.581. The van der Waals surface area contributed by atoms with Crippen molar-refractivity contribution in [3.63, 3.8) is 0 Å². The summed E-state index contributed by atoms with van der Waals surface area (Å²) in [6.07, 6.45) is 3.59. The zero-order valence-corrected chi connectivity index (χ0v) is 9.88. The average Bonchev–Trinajstić information content (AvgIpc) is 2.65. The number of aryl methyl sites for hydroxylation is 1. The van der Waals surface area contributed by atoms with Crippen LogP contribution in [0.3, 0.4) is 0 Å². The van der Waals surface area contributed by atoms with E-state index in [1.807, 2.05) is 19.1 Å². The first-order chi connectivity index (χ1) is 7.66. The summed E-state index contributed by atoms with van der Waals surface area (Å²) in [4.78, 5) is 4.18. The van der Waals surface area contributed by atoms with Crippen LogP contribution in [-0.4, -0.2) is 19.7 Å². The highest BCUT2D eigenvalue weighted by atomic mass is 15.3. The summed E-state index contributed by atoms with van der Waals surface area (Å²) in [7, 11) is 0. The third kappa shape index (κ3) is 2.27. The zero-order chi connectivity index (χ0) is 11.5. The van der Waals surface area contributed by atoms with Crippen molar-refractivity contribution in [1.29, 1.82) is 0 Å². The van der Waals surface area contributed by atoms with Gasteiger partial charge in [0.25, 0.3) is 0 Å². The summed E-state index contributed by atoms with van der Waals surface area (Å²) in [5, 5.41) is 8.14. The normalized spacial score (nSPS) is 11.0. The molecule has 2 heterocycles. The van der Waals surface area contributed by atoms with Gasteiger partial charge >= 0.3 is 0 Å². The van der Waals surface area contributed by atoms with Gasteiger partial charge in [-0.1, -0.05) is 13.8 Å². The van der Waals surface area contributed by atoms with Crippen molar-refractivity contribution < 1.29 is 0 Å². The van der Waals surface area contributed by atoms with Crippen molar-refractivity contribution in [3.05, 3.63) is 30.4 Å². The maximum atomic E-state index is 4.18. The fraction of sp³-hybridized carbons (Fsp3) is 0.417. The molecular formula is C12H16N4. The minimum Gasteiger partial charge on any atom is -0.313 e. The number of aromatic nitrogens is 4. The van der Waals surface area contributed by atoms with Crippen LogP contribution in [0.5, 0.6) is 0 Å². The Kier molecular flexibility index (Phi) is 2.99. The molecule has 0 atom stereocenters. The standard InChI is InChI=1S/C12H16N4/c1-9(2)7-16-8-14-15-12(16)11-4-5-13-10(3)6-11/h4-6,8-9H,7H2,1-3H3. The van der Waals surface area contributed by atoms with E-state index in [2.05, 4.69) is 33.6 Å². The Hall–Kier alpha value is -1.71. The smallest absolute Gasteiger partial charge is 0.163 e. The molecule has 2 aromatic rings. The third-order valence-electron chi connectivity index (χ3n) is 2.33. The van der Waals surface area contributed by atoms with E-state index in [1.54, 1.807) is 12.5 Å². The summed E-state index contributed by atoms with van der Waals surface area (Å²) >= 11 is 0. The van der Waals surface area contributed by atoms with Gasteiger partial charge in [0.1, 0.15) is 6.33 Å². The van der Waals surface area contributed by atoms with E-state index in [0.29, 0.717) is 5.92 Å². The molecule has 0 saturated carbocycles. The van der Waals surface area contributed by atoms with Gasteiger partial charge in [0, 0.05) is 24.0 Å². The molecule has 0 aromatic carbocycles. The summed E-state index contributed by atoms with van der Waals surface area (Å²) < 4.78 is 2.08. The maximum Gasteiger partial charge on any atom is 0.163 e. The molecule has 4 heteroatoms. The van der Waals surface area contributed by atoms with Crippen LogP contribution in [0.2, 0.25) is 0 Å². The number of nitrogens with zero attached hydrogens (tertiary/aromatic N) is 4. The number of rotatable bonds is 3. The highest BCUT2D eigenvalue weighted by Gasteiger charge is 2.08. The first-order valence-corrected chi connectivity index (χ1v) is 5.47. The molecule has 0 N–H and O–H groups in total. The van der Waals surface area contributed by atoms with E-state index in [4.69, 9.17) is 0 Å². The lowest BCUT2D eigenvalue weighted by molar-refractivity contribution is 0.525. The van der Waals surface area contributed by atoms with Crippen molar-refractivity contribution in [2.45, 2.75) is 27.3 Å². The minimum absolute atomic E-state index is 0.581. The summed E-state index contributed by atoms with van der Waals surface area (Å²) in [6.45, 7) is 7.28. The molecule has 0 aliphatic carbocycles. The Labute approximate surface area is 95.4 Å². The molecular weight excluding hydrogens is 200 g/mol. The van der Waals surface area contributed by atoms with Crippen LogP contribution in [-0.2, 0) is 6.54 Å². The molecule has 84 valence electrons. The summed E-state index contributed by atoms with van der Waals surface area (Å²) in [5.41, 5.74) is 2.07. The van der Waals surface area contributed by atoms with Crippen molar-refractivity contribution in [1.82, 2.24) is 19.7 Å². The van der Waals surface area contributed by atoms with E-state index >= 15 is 0 Å². The van der Waals surface area contributed by atoms with E-state index in [9.17, 15) is 0 Å². The summed E-state index contributed by atoms with van der Waals surface area (Å²) in [5.74, 6) is 1.50. The summed E-state index contributed by atoms with van der Waals surface area (Å²) in [6, 6.07) is 3.99. The van der Waals surface area contributed by atoms with Gasteiger partial charge in [0.05, 0.1) is 0 Å². The van der Waals surface area contributed by atoms with Crippen molar-refractivity contribution in [2.75, 3.05) is 0 Å². The van der Waals surface area contributed by atoms with Gasteiger partial charge in [0.15, 0.2) is 5.82 Å².